The molecule has 0 unspecified atom stereocenters. The van der Waals surface area contributed by atoms with Crippen molar-refractivity contribution in [3.63, 3.8) is 0 Å². The quantitative estimate of drug-likeness (QED) is 0.633. The number of hydrogen-bond acceptors (Lipinski definition) is 6. The zero-order chi connectivity index (χ0) is 23.8. The molecule has 0 aliphatic carbocycles. The first-order chi connectivity index (χ1) is 15.8. The molecule has 3 N–H and O–H groups in total. The van der Waals surface area contributed by atoms with Crippen molar-refractivity contribution >= 4 is 11.8 Å². The van der Waals surface area contributed by atoms with Crippen LogP contribution in [0.1, 0.15) is 55.8 Å². The fraction of sp³-hybridized carbons (Fsp3) is 0.680. The van der Waals surface area contributed by atoms with Crippen LogP contribution in [0.25, 0.3) is 0 Å². The Balaban J connectivity index is 1.74. The van der Waals surface area contributed by atoms with Crippen molar-refractivity contribution in [3.8, 4) is 5.75 Å². The summed E-state index contributed by atoms with van der Waals surface area (Å²) in [6.07, 6.45) is 2.07. The Hall–Kier alpha value is -2.16. The summed E-state index contributed by atoms with van der Waals surface area (Å²) in [6.45, 7) is 5.03. The van der Waals surface area contributed by atoms with Crippen LogP contribution in [-0.2, 0) is 4.79 Å². The van der Waals surface area contributed by atoms with Crippen LogP contribution in [-0.4, -0.2) is 90.4 Å². The maximum Gasteiger partial charge on any atom is 0.253 e. The van der Waals surface area contributed by atoms with Crippen molar-refractivity contribution in [2.75, 3.05) is 46.4 Å². The van der Waals surface area contributed by atoms with E-state index in [1.807, 2.05) is 13.0 Å². The van der Waals surface area contributed by atoms with E-state index in [1.165, 1.54) is 0 Å². The Morgan fingerprint density at radius 2 is 1.88 bits per heavy atom. The first kappa shape index (κ1) is 25.5. The molecule has 2 aliphatic rings. The van der Waals surface area contributed by atoms with Gasteiger partial charge in [-0.3, -0.25) is 9.59 Å². The van der Waals surface area contributed by atoms with Gasteiger partial charge in [0, 0.05) is 25.2 Å². The van der Waals surface area contributed by atoms with Crippen molar-refractivity contribution in [1.82, 2.24) is 15.1 Å². The van der Waals surface area contributed by atoms with E-state index in [-0.39, 0.29) is 24.8 Å². The highest BCUT2D eigenvalue weighted by Gasteiger charge is 2.40. The first-order valence-corrected chi connectivity index (χ1v) is 12.2. The highest BCUT2D eigenvalue weighted by Crippen LogP contribution is 2.37. The molecule has 0 aromatic heterocycles. The van der Waals surface area contributed by atoms with Crippen LogP contribution >= 0.6 is 0 Å². The summed E-state index contributed by atoms with van der Waals surface area (Å²) in [5, 5.41) is 23.8. The molecule has 8 nitrogen and oxygen atoms in total. The Morgan fingerprint density at radius 1 is 1.12 bits per heavy atom. The minimum atomic E-state index is -1.07. The van der Waals surface area contributed by atoms with Gasteiger partial charge in [0.15, 0.2) is 0 Å². The first-order valence-electron chi connectivity index (χ1n) is 12.2. The molecule has 2 heterocycles. The number of carbonyl (C=O) groups excluding carboxylic acids is 2. The SMILES string of the molecule is CCOc1cccc(C(=O)N2CCCCC3(CCN(C)CC3)C(=O)NC[C@@H](O)[C@@H](O)CC2)c1. The normalized spacial score (nSPS) is 25.5. The fourth-order valence-corrected chi connectivity index (χ4v) is 4.79. The predicted molar refractivity (Wildman–Crippen MR) is 126 cm³/mol. The number of aliphatic hydroxyl groups is 2. The van der Waals surface area contributed by atoms with Gasteiger partial charge in [-0.05, 0) is 77.4 Å². The second-order valence-electron chi connectivity index (χ2n) is 9.43. The number of carbonyl (C=O) groups is 2. The van der Waals surface area contributed by atoms with Crippen LogP contribution in [0.15, 0.2) is 24.3 Å². The van der Waals surface area contributed by atoms with Gasteiger partial charge in [-0.1, -0.05) is 12.5 Å². The number of rotatable bonds is 3. The fourth-order valence-electron chi connectivity index (χ4n) is 4.79. The molecule has 8 heteroatoms. The van der Waals surface area contributed by atoms with Crippen molar-refractivity contribution in [2.24, 2.45) is 5.41 Å². The number of β-amino-alcohol motifs (C(OH)–C–C–N with tert-alkyl or cyclic N) is 1. The number of likely N-dealkylation sites (tertiary alicyclic amines) is 1. The van der Waals surface area contributed by atoms with Gasteiger partial charge in [-0.2, -0.15) is 0 Å². The largest absolute Gasteiger partial charge is 0.494 e. The van der Waals surface area contributed by atoms with E-state index in [9.17, 15) is 19.8 Å². The molecule has 2 fully saturated rings. The van der Waals surface area contributed by atoms with Gasteiger partial charge in [-0.25, -0.2) is 0 Å². The third-order valence-corrected chi connectivity index (χ3v) is 7.05. The van der Waals surface area contributed by atoms with Gasteiger partial charge in [-0.15, -0.1) is 0 Å². The molecule has 2 amide bonds. The van der Waals surface area contributed by atoms with Crippen molar-refractivity contribution in [3.05, 3.63) is 29.8 Å². The van der Waals surface area contributed by atoms with Crippen molar-refractivity contribution in [1.29, 1.82) is 0 Å². The summed E-state index contributed by atoms with van der Waals surface area (Å²) in [5.74, 6) is 0.511. The minimum absolute atomic E-state index is 0.0158. The van der Waals surface area contributed by atoms with Crippen LogP contribution in [0, 0.1) is 5.41 Å². The highest BCUT2D eigenvalue weighted by atomic mass is 16.5. The molecule has 0 bridgehead atoms. The maximum atomic E-state index is 13.3. The van der Waals surface area contributed by atoms with E-state index in [4.69, 9.17) is 4.74 Å². The van der Waals surface area contributed by atoms with Crippen LogP contribution in [0.4, 0.5) is 0 Å². The zero-order valence-electron chi connectivity index (χ0n) is 20.0. The van der Waals surface area contributed by atoms with Crippen molar-refractivity contribution < 1.29 is 24.5 Å². The molecule has 3 rings (SSSR count). The Labute approximate surface area is 196 Å². The lowest BCUT2D eigenvalue weighted by Gasteiger charge is -2.39. The molecule has 2 saturated heterocycles. The zero-order valence-corrected chi connectivity index (χ0v) is 20.0. The van der Waals surface area contributed by atoms with E-state index >= 15 is 0 Å². The lowest BCUT2D eigenvalue weighted by atomic mass is 9.73. The number of piperidine rings is 1. The third-order valence-electron chi connectivity index (χ3n) is 7.05. The topological polar surface area (TPSA) is 102 Å². The molecule has 2 atom stereocenters. The minimum Gasteiger partial charge on any atom is -0.494 e. The number of nitrogens with zero attached hydrogens (tertiary/aromatic N) is 2. The standard InChI is InChI=1S/C25H39N3O5/c1-3-33-20-8-6-7-19(17-20)23(31)28-13-5-4-10-25(11-15-27(2)16-12-25)24(32)26-18-22(30)21(29)9-14-28/h6-8,17,21-22,29-30H,3-5,9-16,18H2,1-2H3,(H,26,32)/t21-,22+/m0/s1. The molecular formula is C25H39N3O5. The Morgan fingerprint density at radius 3 is 2.61 bits per heavy atom. The molecule has 0 saturated carbocycles. The molecule has 1 spiro atoms. The molecule has 184 valence electrons. The van der Waals surface area contributed by atoms with E-state index in [1.54, 1.807) is 23.1 Å². The number of nitrogens with one attached hydrogen (secondary N) is 1. The smallest absolute Gasteiger partial charge is 0.253 e. The number of hydrogen-bond donors (Lipinski definition) is 3. The van der Waals surface area contributed by atoms with Gasteiger partial charge < -0.3 is 30.1 Å². The summed E-state index contributed by atoms with van der Waals surface area (Å²) in [6, 6.07) is 7.14. The number of amides is 2. The van der Waals surface area contributed by atoms with Crippen molar-refractivity contribution in [2.45, 2.75) is 57.7 Å². The van der Waals surface area contributed by atoms with Crippen LogP contribution < -0.4 is 10.1 Å². The summed E-state index contributed by atoms with van der Waals surface area (Å²) in [7, 11) is 2.06. The molecule has 2 aliphatic heterocycles. The second-order valence-corrected chi connectivity index (χ2v) is 9.43. The van der Waals surface area contributed by atoms with E-state index in [0.717, 1.165) is 45.2 Å². The number of ether oxygens (including phenoxy) is 1. The van der Waals surface area contributed by atoms with Gasteiger partial charge in [0.1, 0.15) is 5.75 Å². The summed E-state index contributed by atoms with van der Waals surface area (Å²) in [5.41, 5.74) is 0.0928. The summed E-state index contributed by atoms with van der Waals surface area (Å²) < 4.78 is 5.54. The lowest BCUT2D eigenvalue weighted by Crippen LogP contribution is -2.50. The van der Waals surface area contributed by atoms with Crippen LogP contribution in [0.2, 0.25) is 0 Å². The Bertz CT molecular complexity index is 794. The number of benzene rings is 1. The van der Waals surface area contributed by atoms with Gasteiger partial charge in [0.2, 0.25) is 5.91 Å². The molecule has 0 radical (unpaired) electrons. The van der Waals surface area contributed by atoms with Gasteiger partial charge in [0.25, 0.3) is 5.91 Å². The van der Waals surface area contributed by atoms with E-state index in [2.05, 4.69) is 17.3 Å². The predicted octanol–water partition coefficient (Wildman–Crippen LogP) is 1.65. The number of aliphatic hydroxyl groups excluding tert-OH is 2. The lowest BCUT2D eigenvalue weighted by molar-refractivity contribution is -0.135. The molecule has 33 heavy (non-hydrogen) atoms. The molecule has 1 aromatic rings. The van der Waals surface area contributed by atoms with Gasteiger partial charge in [0.05, 0.1) is 24.2 Å². The summed E-state index contributed by atoms with van der Waals surface area (Å²) >= 11 is 0. The highest BCUT2D eigenvalue weighted by molar-refractivity contribution is 5.94. The molecular weight excluding hydrogens is 422 g/mol. The second kappa shape index (κ2) is 11.8. The average molecular weight is 462 g/mol. The molecule has 1 aromatic carbocycles. The van der Waals surface area contributed by atoms with E-state index < -0.39 is 17.6 Å². The average Bonchev–Trinajstić information content (AvgIpc) is 2.83. The van der Waals surface area contributed by atoms with Crippen LogP contribution in [0.5, 0.6) is 5.75 Å². The van der Waals surface area contributed by atoms with Gasteiger partial charge >= 0.3 is 0 Å². The van der Waals surface area contributed by atoms with Crippen LogP contribution in [0.3, 0.4) is 0 Å². The Kier molecular flexibility index (Phi) is 9.11. The van der Waals surface area contributed by atoms with E-state index in [0.29, 0.717) is 31.0 Å². The third kappa shape index (κ3) is 6.68. The monoisotopic (exact) mass is 461 g/mol. The maximum absolute atomic E-state index is 13.3. The summed E-state index contributed by atoms with van der Waals surface area (Å²) in [4.78, 5) is 30.3.